The van der Waals surface area contributed by atoms with E-state index in [-0.39, 0.29) is 29.7 Å². The van der Waals surface area contributed by atoms with Crippen LogP contribution in [-0.4, -0.2) is 74.2 Å². The molecule has 2 aromatic heterocycles. The Morgan fingerprint density at radius 3 is 1.90 bits per heavy atom. The van der Waals surface area contributed by atoms with Crippen LogP contribution in [-0.2, 0) is 4.74 Å². The third-order valence-electron chi connectivity index (χ3n) is 5.63. The molecule has 162 valence electrons. The van der Waals surface area contributed by atoms with Gasteiger partial charge in [0.05, 0.1) is 13.2 Å². The predicted molar refractivity (Wildman–Crippen MR) is 113 cm³/mol. The van der Waals surface area contributed by atoms with Gasteiger partial charge in [0.1, 0.15) is 11.6 Å². The SMILES string of the molecule is Nc1nc(N)nc(C2CCC(c3nc(N)nc(NCCN4CCOCC4)n3)CC2)n1. The van der Waals surface area contributed by atoms with E-state index in [0.29, 0.717) is 11.8 Å². The zero-order chi connectivity index (χ0) is 20.9. The molecule has 1 aliphatic heterocycles. The van der Waals surface area contributed by atoms with Crippen LogP contribution in [0.4, 0.5) is 23.8 Å². The van der Waals surface area contributed by atoms with Crippen LogP contribution in [0.2, 0.25) is 0 Å². The lowest BCUT2D eigenvalue weighted by Crippen LogP contribution is -2.39. The topological polar surface area (TPSA) is 180 Å². The van der Waals surface area contributed by atoms with E-state index in [2.05, 4.69) is 40.1 Å². The van der Waals surface area contributed by atoms with E-state index in [0.717, 1.165) is 70.9 Å². The molecule has 2 aliphatic rings. The van der Waals surface area contributed by atoms with Crippen molar-refractivity contribution in [3.05, 3.63) is 11.6 Å². The van der Waals surface area contributed by atoms with Gasteiger partial charge in [0.25, 0.3) is 0 Å². The van der Waals surface area contributed by atoms with Crippen LogP contribution in [0.15, 0.2) is 0 Å². The summed E-state index contributed by atoms with van der Waals surface area (Å²) in [7, 11) is 0. The molecule has 1 aliphatic carbocycles. The molecule has 12 heteroatoms. The molecule has 12 nitrogen and oxygen atoms in total. The van der Waals surface area contributed by atoms with Crippen molar-refractivity contribution in [2.45, 2.75) is 37.5 Å². The quantitative estimate of drug-likeness (QED) is 0.496. The fraction of sp³-hybridized carbons (Fsp3) is 0.667. The van der Waals surface area contributed by atoms with Crippen LogP contribution in [0.5, 0.6) is 0 Å². The Hall–Kier alpha value is -2.86. The predicted octanol–water partition coefficient (Wildman–Crippen LogP) is -0.0113. The molecular weight excluding hydrogens is 386 g/mol. The van der Waals surface area contributed by atoms with Crippen LogP contribution in [0.25, 0.3) is 0 Å². The van der Waals surface area contributed by atoms with Crippen molar-refractivity contribution < 1.29 is 4.74 Å². The zero-order valence-corrected chi connectivity index (χ0v) is 17.0. The van der Waals surface area contributed by atoms with E-state index < -0.39 is 0 Å². The lowest BCUT2D eigenvalue weighted by molar-refractivity contribution is 0.0398. The Morgan fingerprint density at radius 2 is 1.30 bits per heavy atom. The van der Waals surface area contributed by atoms with Crippen molar-refractivity contribution in [1.29, 1.82) is 0 Å². The number of nitrogen functional groups attached to an aromatic ring is 3. The third kappa shape index (κ3) is 5.19. The molecule has 1 saturated heterocycles. The molecule has 2 aromatic rings. The standard InChI is InChI=1S/C18H29N11O/c19-15-23-13(24-16(20)27-15)11-1-3-12(4-2-11)14-25-17(21)28-18(26-14)22-5-6-29-7-9-30-10-8-29/h11-12H,1-10H2,(H4,19,20,23,24,27)(H3,21,22,25,26,28). The minimum Gasteiger partial charge on any atom is -0.379 e. The fourth-order valence-electron chi connectivity index (χ4n) is 4.04. The largest absolute Gasteiger partial charge is 0.379 e. The summed E-state index contributed by atoms with van der Waals surface area (Å²) in [6.07, 6.45) is 3.62. The monoisotopic (exact) mass is 415 g/mol. The first-order valence-corrected chi connectivity index (χ1v) is 10.4. The molecule has 0 aromatic carbocycles. The van der Waals surface area contributed by atoms with Crippen molar-refractivity contribution >= 4 is 23.8 Å². The molecule has 2 fully saturated rings. The van der Waals surface area contributed by atoms with Gasteiger partial charge in [0, 0.05) is 38.0 Å². The van der Waals surface area contributed by atoms with E-state index in [1.165, 1.54) is 0 Å². The zero-order valence-electron chi connectivity index (χ0n) is 17.0. The van der Waals surface area contributed by atoms with Crippen molar-refractivity contribution in [1.82, 2.24) is 34.8 Å². The molecule has 0 amide bonds. The Bertz CT molecular complexity index is 830. The van der Waals surface area contributed by atoms with Crippen LogP contribution in [0.3, 0.4) is 0 Å². The van der Waals surface area contributed by atoms with Gasteiger partial charge in [-0.1, -0.05) is 0 Å². The maximum absolute atomic E-state index is 5.95. The Morgan fingerprint density at radius 1 is 0.767 bits per heavy atom. The van der Waals surface area contributed by atoms with Crippen LogP contribution >= 0.6 is 0 Å². The second-order valence-corrected chi connectivity index (χ2v) is 7.71. The van der Waals surface area contributed by atoms with Crippen LogP contribution < -0.4 is 22.5 Å². The molecule has 0 unspecified atom stereocenters. The van der Waals surface area contributed by atoms with E-state index in [4.69, 9.17) is 21.9 Å². The number of nitrogens with zero attached hydrogens (tertiary/aromatic N) is 7. The minimum absolute atomic E-state index is 0.164. The van der Waals surface area contributed by atoms with E-state index >= 15 is 0 Å². The average molecular weight is 416 g/mol. The number of ether oxygens (including phenoxy) is 1. The van der Waals surface area contributed by atoms with Gasteiger partial charge in [-0.05, 0) is 25.7 Å². The highest BCUT2D eigenvalue weighted by Crippen LogP contribution is 2.38. The highest BCUT2D eigenvalue weighted by Gasteiger charge is 2.28. The molecule has 7 N–H and O–H groups in total. The summed E-state index contributed by atoms with van der Waals surface area (Å²) in [6, 6.07) is 0. The van der Waals surface area contributed by atoms with Crippen molar-refractivity contribution in [2.75, 3.05) is 61.9 Å². The van der Waals surface area contributed by atoms with Gasteiger partial charge in [-0.15, -0.1) is 0 Å². The normalized spacial score (nSPS) is 22.7. The van der Waals surface area contributed by atoms with Gasteiger partial charge >= 0.3 is 0 Å². The number of aromatic nitrogens is 6. The average Bonchev–Trinajstić information content (AvgIpc) is 2.74. The second-order valence-electron chi connectivity index (χ2n) is 7.71. The second kappa shape index (κ2) is 9.30. The highest BCUT2D eigenvalue weighted by atomic mass is 16.5. The molecule has 0 spiro atoms. The fourth-order valence-corrected chi connectivity index (χ4v) is 4.04. The third-order valence-corrected chi connectivity index (χ3v) is 5.63. The Labute approximate surface area is 175 Å². The van der Waals surface area contributed by atoms with Crippen molar-refractivity contribution in [2.24, 2.45) is 0 Å². The maximum Gasteiger partial charge on any atom is 0.227 e. The molecule has 4 rings (SSSR count). The summed E-state index contributed by atoms with van der Waals surface area (Å²) < 4.78 is 5.38. The van der Waals surface area contributed by atoms with Gasteiger partial charge in [0.15, 0.2) is 0 Å². The summed E-state index contributed by atoms with van der Waals surface area (Å²) in [5.74, 6) is 2.95. The molecule has 30 heavy (non-hydrogen) atoms. The number of nitrogens with two attached hydrogens (primary N) is 3. The minimum atomic E-state index is 0.164. The Balaban J connectivity index is 1.34. The lowest BCUT2D eigenvalue weighted by atomic mass is 9.81. The van der Waals surface area contributed by atoms with Crippen LogP contribution in [0.1, 0.15) is 49.2 Å². The molecular formula is C18H29N11O. The summed E-state index contributed by atoms with van der Waals surface area (Å²) >= 11 is 0. The van der Waals surface area contributed by atoms with Crippen LogP contribution in [0, 0.1) is 0 Å². The van der Waals surface area contributed by atoms with Gasteiger partial charge < -0.3 is 27.3 Å². The smallest absolute Gasteiger partial charge is 0.227 e. The summed E-state index contributed by atoms with van der Waals surface area (Å²) in [5.41, 5.74) is 17.4. The van der Waals surface area contributed by atoms with Crippen molar-refractivity contribution in [3.8, 4) is 0 Å². The summed E-state index contributed by atoms with van der Waals surface area (Å²) in [4.78, 5) is 27.9. The van der Waals surface area contributed by atoms with Gasteiger partial charge in [-0.3, -0.25) is 4.90 Å². The first kappa shape index (κ1) is 20.4. The number of anilines is 4. The van der Waals surface area contributed by atoms with E-state index in [1.807, 2.05) is 0 Å². The number of morpholine rings is 1. The maximum atomic E-state index is 5.95. The number of rotatable bonds is 6. The number of hydrogen-bond donors (Lipinski definition) is 4. The molecule has 0 atom stereocenters. The first-order chi connectivity index (χ1) is 14.6. The molecule has 0 radical (unpaired) electrons. The van der Waals surface area contributed by atoms with E-state index in [9.17, 15) is 0 Å². The molecule has 0 bridgehead atoms. The van der Waals surface area contributed by atoms with Gasteiger partial charge in [-0.2, -0.15) is 29.9 Å². The number of hydrogen-bond acceptors (Lipinski definition) is 12. The summed E-state index contributed by atoms with van der Waals surface area (Å²) in [6.45, 7) is 5.14. The summed E-state index contributed by atoms with van der Waals surface area (Å²) in [5, 5.41) is 3.28. The van der Waals surface area contributed by atoms with Crippen molar-refractivity contribution in [3.63, 3.8) is 0 Å². The lowest BCUT2D eigenvalue weighted by Gasteiger charge is -2.27. The van der Waals surface area contributed by atoms with Gasteiger partial charge in [-0.25, -0.2) is 0 Å². The highest BCUT2D eigenvalue weighted by molar-refractivity contribution is 5.32. The molecule has 1 saturated carbocycles. The first-order valence-electron chi connectivity index (χ1n) is 10.4. The number of nitrogens with one attached hydrogen (secondary N) is 1. The van der Waals surface area contributed by atoms with Gasteiger partial charge in [0.2, 0.25) is 23.8 Å². The van der Waals surface area contributed by atoms with E-state index in [1.54, 1.807) is 0 Å². The Kier molecular flexibility index (Phi) is 6.33. The molecule has 3 heterocycles.